The van der Waals surface area contributed by atoms with Crippen molar-refractivity contribution in [1.29, 1.82) is 0 Å². The first-order valence-corrected chi connectivity index (χ1v) is 8.07. The van der Waals surface area contributed by atoms with Gasteiger partial charge >= 0.3 is 12.1 Å². The van der Waals surface area contributed by atoms with Crippen LogP contribution in [0.1, 0.15) is 53.5 Å². The van der Waals surface area contributed by atoms with E-state index in [1.165, 1.54) is 18.9 Å². The Morgan fingerprint density at radius 1 is 1.25 bits per heavy atom. The van der Waals surface area contributed by atoms with Gasteiger partial charge in [0.05, 0.1) is 5.69 Å². The van der Waals surface area contributed by atoms with E-state index in [1.54, 1.807) is 6.07 Å². The van der Waals surface area contributed by atoms with E-state index in [0.717, 1.165) is 6.42 Å². The number of ether oxygens (including phenoxy) is 1. The minimum Gasteiger partial charge on any atom is -0.425 e. The maximum Gasteiger partial charge on any atom is 0.373 e. The van der Waals surface area contributed by atoms with Gasteiger partial charge in [-0.05, 0) is 47.8 Å². The summed E-state index contributed by atoms with van der Waals surface area (Å²) >= 11 is 0. The largest absolute Gasteiger partial charge is 0.425 e. The molecule has 0 aliphatic heterocycles. The van der Waals surface area contributed by atoms with Gasteiger partial charge in [0.1, 0.15) is 0 Å². The molecule has 134 valence electrons. The average molecular weight is 335 g/mol. The highest BCUT2D eigenvalue weighted by molar-refractivity contribution is 5.72. The van der Waals surface area contributed by atoms with E-state index in [-0.39, 0.29) is 12.1 Å². The molecule has 0 aliphatic carbocycles. The Hall–Kier alpha value is -2.13. The first-order chi connectivity index (χ1) is 11.0. The van der Waals surface area contributed by atoms with E-state index in [2.05, 4.69) is 34.6 Å². The summed E-state index contributed by atoms with van der Waals surface area (Å²) in [6, 6.07) is 5.69. The Bertz CT molecular complexity index is 569. The Balaban J connectivity index is 0.00000163. The van der Waals surface area contributed by atoms with Crippen molar-refractivity contribution in [2.75, 3.05) is 5.73 Å². The van der Waals surface area contributed by atoms with Crippen molar-refractivity contribution in [3.8, 4) is 5.75 Å². The molecule has 2 atom stereocenters. The third-order valence-electron chi connectivity index (χ3n) is 4.15. The molecule has 0 fully saturated rings. The number of rotatable bonds is 5. The SMILES string of the molecule is CC(=O)Oc1ccc(C[C@H](C)CC(C)C(C)(C)C)cc1N.O=C=O. The van der Waals surface area contributed by atoms with Gasteiger partial charge in [0.25, 0.3) is 0 Å². The van der Waals surface area contributed by atoms with Crippen LogP contribution < -0.4 is 10.5 Å². The molecule has 0 saturated carbocycles. The number of hydrogen-bond donors (Lipinski definition) is 1. The number of esters is 1. The van der Waals surface area contributed by atoms with Crippen LogP contribution in [0.5, 0.6) is 5.75 Å². The lowest BCUT2D eigenvalue weighted by molar-refractivity contribution is -0.191. The van der Waals surface area contributed by atoms with Crippen LogP contribution in [-0.2, 0) is 20.8 Å². The van der Waals surface area contributed by atoms with Crippen LogP contribution in [0, 0.1) is 17.3 Å². The molecule has 0 spiro atoms. The van der Waals surface area contributed by atoms with Crippen LogP contribution in [0.25, 0.3) is 0 Å². The predicted octanol–water partition coefficient (Wildman–Crippen LogP) is 3.86. The van der Waals surface area contributed by atoms with E-state index in [1.807, 2.05) is 12.1 Å². The normalized spacial score (nSPS) is 13.1. The molecule has 1 aromatic rings. The molecule has 1 unspecified atom stereocenters. The third-order valence-corrected chi connectivity index (χ3v) is 4.15. The van der Waals surface area contributed by atoms with Crippen molar-refractivity contribution >= 4 is 17.8 Å². The molecule has 1 aromatic carbocycles. The zero-order valence-electron chi connectivity index (χ0n) is 15.5. The van der Waals surface area contributed by atoms with Crippen molar-refractivity contribution in [2.45, 2.75) is 54.4 Å². The quantitative estimate of drug-likeness (QED) is 0.501. The second kappa shape index (κ2) is 9.89. The van der Waals surface area contributed by atoms with E-state index in [4.69, 9.17) is 20.1 Å². The fraction of sp³-hybridized carbons (Fsp3) is 0.579. The van der Waals surface area contributed by atoms with Crippen molar-refractivity contribution in [3.63, 3.8) is 0 Å². The van der Waals surface area contributed by atoms with E-state index >= 15 is 0 Å². The van der Waals surface area contributed by atoms with Crippen molar-refractivity contribution in [3.05, 3.63) is 23.8 Å². The number of nitrogen functional groups attached to an aromatic ring is 1. The Labute approximate surface area is 144 Å². The van der Waals surface area contributed by atoms with Gasteiger partial charge in [-0.15, -0.1) is 0 Å². The average Bonchev–Trinajstić information content (AvgIpc) is 2.41. The molecule has 0 aromatic heterocycles. The monoisotopic (exact) mass is 335 g/mol. The zero-order chi connectivity index (χ0) is 18.9. The Morgan fingerprint density at radius 3 is 2.21 bits per heavy atom. The van der Waals surface area contributed by atoms with Gasteiger partial charge in [-0.25, -0.2) is 0 Å². The lowest BCUT2D eigenvalue weighted by Gasteiger charge is -2.29. The second-order valence-electron chi connectivity index (χ2n) is 7.36. The molecule has 0 aliphatic rings. The fourth-order valence-corrected chi connectivity index (χ4v) is 2.42. The minimum atomic E-state index is -0.346. The summed E-state index contributed by atoms with van der Waals surface area (Å²) in [6.45, 7) is 12.8. The number of hydrogen-bond acceptors (Lipinski definition) is 5. The summed E-state index contributed by atoms with van der Waals surface area (Å²) in [4.78, 5) is 27.2. The molecule has 1 rings (SSSR count). The summed E-state index contributed by atoms with van der Waals surface area (Å²) in [6.07, 6.45) is 2.43. The molecule has 5 heteroatoms. The van der Waals surface area contributed by atoms with Crippen LogP contribution in [0.2, 0.25) is 0 Å². The molecular weight excluding hydrogens is 306 g/mol. The number of benzene rings is 1. The lowest BCUT2D eigenvalue weighted by Crippen LogP contribution is -2.20. The van der Waals surface area contributed by atoms with Crippen LogP contribution in [0.4, 0.5) is 5.69 Å². The number of anilines is 1. The van der Waals surface area contributed by atoms with Crippen molar-refractivity contribution in [2.24, 2.45) is 17.3 Å². The first kappa shape index (κ1) is 21.9. The highest BCUT2D eigenvalue weighted by Gasteiger charge is 2.22. The molecule has 24 heavy (non-hydrogen) atoms. The maximum atomic E-state index is 11.0. The topological polar surface area (TPSA) is 86.5 Å². The number of carbonyl (C=O) groups is 1. The maximum absolute atomic E-state index is 11.0. The van der Waals surface area contributed by atoms with Gasteiger partial charge < -0.3 is 10.5 Å². The second-order valence-corrected chi connectivity index (χ2v) is 7.36. The molecule has 0 bridgehead atoms. The molecular formula is C19H29NO4. The third kappa shape index (κ3) is 8.49. The van der Waals surface area contributed by atoms with Crippen LogP contribution >= 0.6 is 0 Å². The van der Waals surface area contributed by atoms with Crippen LogP contribution in [-0.4, -0.2) is 12.1 Å². The number of carbonyl (C=O) groups excluding carboxylic acids is 3. The van der Waals surface area contributed by atoms with Crippen LogP contribution in [0.3, 0.4) is 0 Å². The molecule has 0 saturated heterocycles. The first-order valence-electron chi connectivity index (χ1n) is 8.07. The molecule has 2 N–H and O–H groups in total. The molecule has 0 radical (unpaired) electrons. The summed E-state index contributed by atoms with van der Waals surface area (Å²) in [5.41, 5.74) is 8.00. The minimum absolute atomic E-state index is 0.250. The molecule has 0 heterocycles. The Kier molecular flexibility index (Phi) is 9.01. The highest BCUT2D eigenvalue weighted by Crippen LogP contribution is 2.32. The van der Waals surface area contributed by atoms with Gasteiger partial charge in [0, 0.05) is 6.92 Å². The van der Waals surface area contributed by atoms with E-state index in [0.29, 0.717) is 28.7 Å². The summed E-state index contributed by atoms with van der Waals surface area (Å²) in [5.74, 6) is 1.37. The van der Waals surface area contributed by atoms with Gasteiger partial charge in [-0.3, -0.25) is 4.79 Å². The Morgan fingerprint density at radius 2 is 1.79 bits per heavy atom. The van der Waals surface area contributed by atoms with Gasteiger partial charge in [0.2, 0.25) is 0 Å². The fourth-order valence-electron chi connectivity index (χ4n) is 2.42. The zero-order valence-corrected chi connectivity index (χ0v) is 15.5. The summed E-state index contributed by atoms with van der Waals surface area (Å²) < 4.78 is 5.05. The highest BCUT2D eigenvalue weighted by atomic mass is 16.5. The van der Waals surface area contributed by atoms with Crippen LogP contribution in [0.15, 0.2) is 18.2 Å². The van der Waals surface area contributed by atoms with Gasteiger partial charge in [-0.2, -0.15) is 9.59 Å². The smallest absolute Gasteiger partial charge is 0.373 e. The van der Waals surface area contributed by atoms with E-state index in [9.17, 15) is 4.79 Å². The van der Waals surface area contributed by atoms with Crippen molar-refractivity contribution < 1.29 is 19.1 Å². The number of nitrogens with two attached hydrogens (primary N) is 1. The van der Waals surface area contributed by atoms with Gasteiger partial charge in [-0.1, -0.05) is 40.7 Å². The standard InChI is InChI=1S/C18H29NO2.CO2/c1-12(9-13(2)18(4,5)6)10-15-7-8-17(16(19)11-15)21-14(3)20;2-1-3/h7-8,11-13H,9-10,19H2,1-6H3;/t12-,13?;/m1./s1. The van der Waals surface area contributed by atoms with Crippen molar-refractivity contribution in [1.82, 2.24) is 0 Å². The summed E-state index contributed by atoms with van der Waals surface area (Å²) in [7, 11) is 0. The van der Waals surface area contributed by atoms with Gasteiger partial charge in [0.15, 0.2) is 5.75 Å². The molecule has 5 nitrogen and oxygen atoms in total. The summed E-state index contributed by atoms with van der Waals surface area (Å²) in [5, 5.41) is 0. The lowest BCUT2D eigenvalue weighted by atomic mass is 9.76. The molecule has 0 amide bonds. The predicted molar refractivity (Wildman–Crippen MR) is 93.3 cm³/mol. The van der Waals surface area contributed by atoms with E-state index < -0.39 is 0 Å².